The first-order valence-electron chi connectivity index (χ1n) is 6.32. The smallest absolute Gasteiger partial charge is 0.322 e. The van der Waals surface area contributed by atoms with Crippen molar-refractivity contribution in [2.75, 3.05) is 5.32 Å². The first-order valence-corrected chi connectivity index (χ1v) is 6.32. The summed E-state index contributed by atoms with van der Waals surface area (Å²) in [4.78, 5) is 15.9. The number of rotatable bonds is 2. The van der Waals surface area contributed by atoms with Crippen molar-refractivity contribution < 1.29 is 9.90 Å². The minimum atomic E-state index is -0.613. The zero-order valence-corrected chi connectivity index (χ0v) is 10.9. The van der Waals surface area contributed by atoms with E-state index in [0.717, 1.165) is 11.1 Å². The fourth-order valence-corrected chi connectivity index (χ4v) is 2.44. The molecule has 0 radical (unpaired) electrons. The number of aryl methyl sites for hydroxylation is 1. The summed E-state index contributed by atoms with van der Waals surface area (Å²) in [6, 6.07) is 6.88. The molecule has 3 rings (SSSR count). The maximum atomic E-state index is 12.0. The summed E-state index contributed by atoms with van der Waals surface area (Å²) in [5, 5.41) is 19.3. The average molecular weight is 273 g/mol. The number of amides is 2. The summed E-state index contributed by atoms with van der Waals surface area (Å²) in [5.41, 5.74) is 2.01. The fourth-order valence-electron chi connectivity index (χ4n) is 2.44. The maximum absolute atomic E-state index is 12.0. The van der Waals surface area contributed by atoms with Gasteiger partial charge in [-0.25, -0.2) is 9.48 Å². The van der Waals surface area contributed by atoms with E-state index in [9.17, 15) is 9.90 Å². The molecule has 1 heterocycles. The number of hydrogen-bond acceptors (Lipinski definition) is 4. The van der Waals surface area contributed by atoms with Gasteiger partial charge < -0.3 is 10.4 Å². The van der Waals surface area contributed by atoms with Gasteiger partial charge in [0, 0.05) is 13.5 Å². The second-order valence-corrected chi connectivity index (χ2v) is 4.75. The van der Waals surface area contributed by atoms with Crippen LogP contribution in [0.1, 0.15) is 17.2 Å². The van der Waals surface area contributed by atoms with E-state index in [2.05, 4.69) is 20.7 Å². The summed E-state index contributed by atoms with van der Waals surface area (Å²) in [7, 11) is 1.68. The highest BCUT2D eigenvalue weighted by Gasteiger charge is 2.31. The molecule has 0 bridgehead atoms. The van der Waals surface area contributed by atoms with Crippen molar-refractivity contribution >= 4 is 12.0 Å². The number of nitrogens with zero attached hydrogens (tertiary/aromatic N) is 3. The van der Waals surface area contributed by atoms with E-state index in [1.807, 2.05) is 24.3 Å². The minimum absolute atomic E-state index is 0.350. The molecule has 0 saturated heterocycles. The summed E-state index contributed by atoms with van der Waals surface area (Å²) in [6.07, 6.45) is 1.29. The quantitative estimate of drug-likeness (QED) is 0.747. The Morgan fingerprint density at radius 1 is 1.45 bits per heavy atom. The molecular formula is C13H15N5O2. The molecule has 2 atom stereocenters. The van der Waals surface area contributed by atoms with Crippen LogP contribution in [0.4, 0.5) is 10.7 Å². The van der Waals surface area contributed by atoms with Gasteiger partial charge in [0.05, 0.1) is 12.1 Å². The number of hydrogen-bond donors (Lipinski definition) is 3. The molecule has 1 aliphatic carbocycles. The van der Waals surface area contributed by atoms with E-state index >= 15 is 0 Å². The predicted molar refractivity (Wildman–Crippen MR) is 72.1 cm³/mol. The third-order valence-corrected chi connectivity index (χ3v) is 3.43. The lowest BCUT2D eigenvalue weighted by Crippen LogP contribution is -2.37. The zero-order valence-electron chi connectivity index (χ0n) is 10.9. The topological polar surface area (TPSA) is 92.1 Å². The molecule has 1 aromatic heterocycles. The molecule has 104 valence electrons. The summed E-state index contributed by atoms with van der Waals surface area (Å²) < 4.78 is 1.46. The number of anilines is 1. The molecule has 2 aromatic rings. The number of nitrogens with one attached hydrogen (secondary N) is 2. The summed E-state index contributed by atoms with van der Waals surface area (Å²) in [6.45, 7) is 0. The second-order valence-electron chi connectivity index (χ2n) is 4.75. The maximum Gasteiger partial charge on any atom is 0.322 e. The van der Waals surface area contributed by atoms with E-state index in [0.29, 0.717) is 12.4 Å². The third-order valence-electron chi connectivity index (χ3n) is 3.43. The van der Waals surface area contributed by atoms with E-state index < -0.39 is 18.2 Å². The Bertz CT molecular complexity index is 639. The van der Waals surface area contributed by atoms with Crippen molar-refractivity contribution in [3.8, 4) is 0 Å². The molecule has 7 nitrogen and oxygen atoms in total. The second kappa shape index (κ2) is 4.93. The number of fused-ring (bicyclic) bond motifs is 1. The van der Waals surface area contributed by atoms with Crippen molar-refractivity contribution in [2.24, 2.45) is 7.05 Å². The van der Waals surface area contributed by atoms with Gasteiger partial charge in [0.1, 0.15) is 6.33 Å². The largest absolute Gasteiger partial charge is 0.390 e. The molecule has 0 fully saturated rings. The Morgan fingerprint density at radius 3 is 3.00 bits per heavy atom. The van der Waals surface area contributed by atoms with E-state index in [-0.39, 0.29) is 0 Å². The van der Waals surface area contributed by atoms with Gasteiger partial charge in [-0.1, -0.05) is 24.3 Å². The molecule has 0 spiro atoms. The molecule has 0 aliphatic heterocycles. The Balaban J connectivity index is 1.72. The molecule has 0 saturated carbocycles. The molecule has 3 N–H and O–H groups in total. The molecule has 2 amide bonds. The van der Waals surface area contributed by atoms with Crippen molar-refractivity contribution in [1.29, 1.82) is 0 Å². The first-order chi connectivity index (χ1) is 9.65. The first kappa shape index (κ1) is 12.6. The Kier molecular flexibility index (Phi) is 3.11. The monoisotopic (exact) mass is 273 g/mol. The van der Waals surface area contributed by atoms with Crippen LogP contribution in [-0.4, -0.2) is 32.0 Å². The van der Waals surface area contributed by atoms with Crippen LogP contribution in [0.5, 0.6) is 0 Å². The number of carbonyl (C=O) groups excluding carboxylic acids is 1. The van der Waals surface area contributed by atoms with Crippen molar-refractivity contribution in [3.63, 3.8) is 0 Å². The number of aliphatic hydroxyl groups excluding tert-OH is 1. The normalized spacial score (nSPS) is 20.5. The van der Waals surface area contributed by atoms with Crippen molar-refractivity contribution in [2.45, 2.75) is 18.6 Å². The van der Waals surface area contributed by atoms with Crippen molar-refractivity contribution in [1.82, 2.24) is 20.1 Å². The standard InChI is InChI=1S/C13H15N5O2/c1-18-12(14-7-15-18)17-13(20)16-11-9-5-3-2-4-8(9)6-10(11)19/h2-5,7,10-11,19H,6H2,1H3,(H2,14,15,16,17,20)/t10-,11+/m1/s1. The average Bonchev–Trinajstić information content (AvgIpc) is 2.95. The van der Waals surface area contributed by atoms with Crippen LogP contribution in [0.15, 0.2) is 30.6 Å². The number of aliphatic hydroxyl groups is 1. The number of urea groups is 1. The van der Waals surface area contributed by atoms with Crippen LogP contribution < -0.4 is 10.6 Å². The van der Waals surface area contributed by atoms with Crippen LogP contribution >= 0.6 is 0 Å². The SMILES string of the molecule is Cn1ncnc1NC(=O)N[C@H]1c2ccccc2C[C@H]1O. The van der Waals surface area contributed by atoms with Gasteiger partial charge in [0.25, 0.3) is 0 Å². The molecule has 20 heavy (non-hydrogen) atoms. The highest BCUT2D eigenvalue weighted by atomic mass is 16.3. The van der Waals surface area contributed by atoms with Crippen LogP contribution in [0, 0.1) is 0 Å². The molecule has 0 unspecified atom stereocenters. The lowest BCUT2D eigenvalue weighted by molar-refractivity contribution is 0.144. The van der Waals surface area contributed by atoms with Gasteiger partial charge in [-0.3, -0.25) is 5.32 Å². The number of aromatic nitrogens is 3. The third kappa shape index (κ3) is 2.23. The Hall–Kier alpha value is -2.41. The van der Waals surface area contributed by atoms with Crippen molar-refractivity contribution in [3.05, 3.63) is 41.7 Å². The van der Waals surface area contributed by atoms with Gasteiger partial charge in [-0.05, 0) is 11.1 Å². The van der Waals surface area contributed by atoms with E-state index in [1.54, 1.807) is 7.05 Å². The Morgan fingerprint density at radius 2 is 2.25 bits per heavy atom. The number of benzene rings is 1. The highest BCUT2D eigenvalue weighted by Crippen LogP contribution is 2.31. The Labute approximate surface area is 115 Å². The van der Waals surface area contributed by atoms with E-state index in [4.69, 9.17) is 0 Å². The molecule has 1 aliphatic rings. The lowest BCUT2D eigenvalue weighted by atomic mass is 10.1. The fraction of sp³-hybridized carbons (Fsp3) is 0.308. The van der Waals surface area contributed by atoms with Gasteiger partial charge in [-0.2, -0.15) is 10.1 Å². The van der Waals surface area contributed by atoms with Gasteiger partial charge in [0.2, 0.25) is 5.95 Å². The van der Waals surface area contributed by atoms with E-state index in [1.165, 1.54) is 11.0 Å². The van der Waals surface area contributed by atoms with Crippen LogP contribution in [0.25, 0.3) is 0 Å². The predicted octanol–water partition coefficient (Wildman–Crippen LogP) is 0.595. The summed E-state index contributed by atoms with van der Waals surface area (Å²) in [5.74, 6) is 0.350. The minimum Gasteiger partial charge on any atom is -0.390 e. The van der Waals surface area contributed by atoms with Crippen LogP contribution in [0.3, 0.4) is 0 Å². The molecule has 7 heteroatoms. The summed E-state index contributed by atoms with van der Waals surface area (Å²) >= 11 is 0. The van der Waals surface area contributed by atoms with Gasteiger partial charge in [0.15, 0.2) is 0 Å². The zero-order chi connectivity index (χ0) is 14.1. The highest BCUT2D eigenvalue weighted by molar-refractivity contribution is 5.87. The van der Waals surface area contributed by atoms with Crippen LogP contribution in [0.2, 0.25) is 0 Å². The molecule has 1 aromatic carbocycles. The number of carbonyl (C=O) groups is 1. The van der Waals surface area contributed by atoms with Crippen LogP contribution in [-0.2, 0) is 13.5 Å². The van der Waals surface area contributed by atoms with Gasteiger partial charge in [-0.15, -0.1) is 0 Å². The van der Waals surface area contributed by atoms with Gasteiger partial charge >= 0.3 is 6.03 Å². The lowest BCUT2D eigenvalue weighted by Gasteiger charge is -2.18. The molecular weight excluding hydrogens is 258 g/mol.